The highest BCUT2D eigenvalue weighted by molar-refractivity contribution is 5.88. The van der Waals surface area contributed by atoms with E-state index in [2.05, 4.69) is 22.8 Å². The summed E-state index contributed by atoms with van der Waals surface area (Å²) in [5.41, 5.74) is 4.28. The van der Waals surface area contributed by atoms with Crippen LogP contribution >= 0.6 is 0 Å². The van der Waals surface area contributed by atoms with Crippen LogP contribution in [0, 0.1) is 5.41 Å². The van der Waals surface area contributed by atoms with E-state index >= 15 is 0 Å². The monoisotopic (exact) mass is 530 g/mol. The molecular formula is C31H34N2O6. The molecule has 39 heavy (non-hydrogen) atoms. The number of carbonyl (C=O) groups is 3. The quantitative estimate of drug-likeness (QED) is 0.330. The molecule has 0 saturated carbocycles. The number of hydrogen-bond donors (Lipinski definition) is 3. The smallest absolute Gasteiger partial charge is 0.407 e. The van der Waals surface area contributed by atoms with E-state index < -0.39 is 35.5 Å². The van der Waals surface area contributed by atoms with Crippen LogP contribution in [-0.2, 0) is 25.7 Å². The van der Waals surface area contributed by atoms with Gasteiger partial charge in [-0.25, -0.2) is 9.59 Å². The van der Waals surface area contributed by atoms with Crippen LogP contribution in [0.5, 0.6) is 0 Å². The summed E-state index contributed by atoms with van der Waals surface area (Å²) in [6.45, 7) is 5.18. The fourth-order valence-corrected chi connectivity index (χ4v) is 4.64. The lowest BCUT2D eigenvalue weighted by Gasteiger charge is -2.28. The molecule has 0 aromatic heterocycles. The molecule has 1 aliphatic rings. The average molecular weight is 531 g/mol. The fraction of sp³-hybridized carbons (Fsp3) is 0.323. The van der Waals surface area contributed by atoms with Crippen molar-refractivity contribution in [2.24, 2.45) is 5.41 Å². The van der Waals surface area contributed by atoms with Gasteiger partial charge in [0.05, 0.1) is 18.1 Å². The normalized spacial score (nSPS) is 14.0. The van der Waals surface area contributed by atoms with Gasteiger partial charge in [0.2, 0.25) is 5.91 Å². The molecule has 2 amide bonds. The number of carbonyl (C=O) groups excluding carboxylic acids is 2. The van der Waals surface area contributed by atoms with Gasteiger partial charge in [-0.15, -0.1) is 0 Å². The number of rotatable bonds is 11. The van der Waals surface area contributed by atoms with Crippen molar-refractivity contribution in [3.8, 4) is 11.1 Å². The molecular weight excluding hydrogens is 496 g/mol. The molecule has 0 bridgehead atoms. The van der Waals surface area contributed by atoms with E-state index in [1.807, 2.05) is 66.7 Å². The molecule has 3 N–H and O–H groups in total. The van der Waals surface area contributed by atoms with Crippen LogP contribution in [-0.4, -0.2) is 48.4 Å². The minimum absolute atomic E-state index is 0.0406. The van der Waals surface area contributed by atoms with E-state index in [9.17, 15) is 19.5 Å². The third kappa shape index (κ3) is 6.64. The number of hydrogen-bond acceptors (Lipinski definition) is 5. The molecule has 0 aliphatic heterocycles. The molecule has 0 heterocycles. The minimum Gasteiger partial charge on any atom is -0.480 e. The predicted octanol–water partition coefficient (Wildman–Crippen LogP) is 4.73. The van der Waals surface area contributed by atoms with Gasteiger partial charge in [-0.3, -0.25) is 4.79 Å². The zero-order chi connectivity index (χ0) is 28.0. The van der Waals surface area contributed by atoms with Gasteiger partial charge in [-0.1, -0.05) is 78.9 Å². The second kappa shape index (κ2) is 12.1. The summed E-state index contributed by atoms with van der Waals surface area (Å²) in [6, 6.07) is 24.2. The third-order valence-corrected chi connectivity index (χ3v) is 7.01. The Bertz CT molecular complexity index is 1280. The number of amides is 2. The van der Waals surface area contributed by atoms with Crippen molar-refractivity contribution in [2.75, 3.05) is 13.2 Å². The van der Waals surface area contributed by atoms with Crippen molar-refractivity contribution in [1.29, 1.82) is 0 Å². The number of benzene rings is 3. The third-order valence-electron chi connectivity index (χ3n) is 7.01. The number of carboxylic acids is 1. The number of alkyl carbamates (subject to hydrolysis) is 1. The Labute approximate surface area is 228 Å². The van der Waals surface area contributed by atoms with E-state index in [1.54, 1.807) is 20.8 Å². The van der Waals surface area contributed by atoms with Crippen LogP contribution in [0.2, 0.25) is 0 Å². The lowest BCUT2D eigenvalue weighted by molar-refractivity contribution is -0.148. The molecule has 3 aromatic rings. The summed E-state index contributed by atoms with van der Waals surface area (Å²) in [4.78, 5) is 37.4. The Morgan fingerprint density at radius 2 is 1.46 bits per heavy atom. The van der Waals surface area contributed by atoms with Crippen molar-refractivity contribution < 1.29 is 29.0 Å². The number of fused-ring (bicyclic) bond motifs is 3. The Balaban J connectivity index is 1.29. The SMILES string of the molecule is CC(OCc1ccccc1)C(NC(=O)C(C)(C)CNC(=O)OCC1c2ccccc2-c2ccccc21)C(=O)O. The first-order valence-electron chi connectivity index (χ1n) is 13.0. The summed E-state index contributed by atoms with van der Waals surface area (Å²) < 4.78 is 11.3. The first-order valence-corrected chi connectivity index (χ1v) is 13.0. The summed E-state index contributed by atoms with van der Waals surface area (Å²) in [5.74, 6) is -1.80. The van der Waals surface area contributed by atoms with Gasteiger partial charge >= 0.3 is 12.1 Å². The predicted molar refractivity (Wildman–Crippen MR) is 147 cm³/mol. The second-order valence-electron chi connectivity index (χ2n) is 10.4. The Hall–Kier alpha value is -4.17. The van der Waals surface area contributed by atoms with Crippen molar-refractivity contribution in [2.45, 2.75) is 45.4 Å². The van der Waals surface area contributed by atoms with Gasteiger partial charge < -0.3 is 25.2 Å². The number of ether oxygens (including phenoxy) is 2. The standard InChI is InChI=1S/C31H34N2O6/c1-20(38-17-21-11-5-4-6-12-21)27(28(34)35)33-29(36)31(2,3)19-32-30(37)39-18-26-24-15-9-7-13-22(24)23-14-8-10-16-25(23)26/h4-16,20,26-27H,17-19H2,1-3H3,(H,32,37)(H,33,36)(H,34,35). The van der Waals surface area contributed by atoms with Gasteiger partial charge in [-0.05, 0) is 48.6 Å². The van der Waals surface area contributed by atoms with Crippen LogP contribution in [0.15, 0.2) is 78.9 Å². The van der Waals surface area contributed by atoms with Crippen LogP contribution in [0.1, 0.15) is 43.4 Å². The zero-order valence-electron chi connectivity index (χ0n) is 22.3. The molecule has 2 atom stereocenters. The van der Waals surface area contributed by atoms with Crippen molar-refractivity contribution >= 4 is 18.0 Å². The number of carboxylic acid groups (broad SMARTS) is 1. The van der Waals surface area contributed by atoms with Crippen molar-refractivity contribution in [1.82, 2.24) is 10.6 Å². The molecule has 204 valence electrons. The maximum atomic E-state index is 13.0. The molecule has 8 heteroatoms. The number of aliphatic carboxylic acids is 1. The highest BCUT2D eigenvalue weighted by atomic mass is 16.5. The molecule has 2 unspecified atom stereocenters. The van der Waals surface area contributed by atoms with Crippen molar-refractivity contribution in [3.05, 3.63) is 95.6 Å². The Morgan fingerprint density at radius 3 is 2.05 bits per heavy atom. The van der Waals surface area contributed by atoms with Crippen LogP contribution in [0.4, 0.5) is 4.79 Å². The van der Waals surface area contributed by atoms with E-state index in [1.165, 1.54) is 0 Å². The maximum absolute atomic E-state index is 13.0. The topological polar surface area (TPSA) is 114 Å². The summed E-state index contributed by atoms with van der Waals surface area (Å²) in [6.07, 6.45) is -1.43. The molecule has 4 rings (SSSR count). The van der Waals surface area contributed by atoms with Crippen LogP contribution < -0.4 is 10.6 Å². The summed E-state index contributed by atoms with van der Waals surface area (Å²) in [7, 11) is 0. The minimum atomic E-state index is -1.25. The van der Waals surface area contributed by atoms with E-state index in [-0.39, 0.29) is 25.7 Å². The Morgan fingerprint density at radius 1 is 0.897 bits per heavy atom. The lowest BCUT2D eigenvalue weighted by atomic mass is 9.91. The van der Waals surface area contributed by atoms with Crippen LogP contribution in [0.3, 0.4) is 0 Å². The first-order chi connectivity index (χ1) is 18.7. The average Bonchev–Trinajstić information content (AvgIpc) is 3.26. The van der Waals surface area contributed by atoms with E-state index in [0.717, 1.165) is 27.8 Å². The summed E-state index contributed by atoms with van der Waals surface area (Å²) in [5, 5.41) is 14.9. The summed E-state index contributed by atoms with van der Waals surface area (Å²) >= 11 is 0. The largest absolute Gasteiger partial charge is 0.480 e. The van der Waals surface area contributed by atoms with Gasteiger partial charge in [0, 0.05) is 12.5 Å². The molecule has 0 saturated heterocycles. The molecule has 0 spiro atoms. The lowest BCUT2D eigenvalue weighted by Crippen LogP contribution is -2.54. The molecule has 0 fully saturated rings. The van der Waals surface area contributed by atoms with Crippen LogP contribution in [0.25, 0.3) is 11.1 Å². The fourth-order valence-electron chi connectivity index (χ4n) is 4.64. The number of nitrogens with one attached hydrogen (secondary N) is 2. The second-order valence-corrected chi connectivity index (χ2v) is 10.4. The Kier molecular flexibility index (Phi) is 8.66. The van der Waals surface area contributed by atoms with E-state index in [0.29, 0.717) is 0 Å². The van der Waals surface area contributed by atoms with E-state index in [4.69, 9.17) is 9.47 Å². The van der Waals surface area contributed by atoms with Gasteiger partial charge in [0.15, 0.2) is 6.04 Å². The van der Waals surface area contributed by atoms with Gasteiger partial charge in [0.1, 0.15) is 6.61 Å². The first kappa shape index (κ1) is 27.9. The molecule has 8 nitrogen and oxygen atoms in total. The molecule has 3 aromatic carbocycles. The molecule has 1 aliphatic carbocycles. The van der Waals surface area contributed by atoms with Gasteiger partial charge in [-0.2, -0.15) is 0 Å². The molecule has 0 radical (unpaired) electrons. The van der Waals surface area contributed by atoms with Gasteiger partial charge in [0.25, 0.3) is 0 Å². The zero-order valence-corrected chi connectivity index (χ0v) is 22.3. The maximum Gasteiger partial charge on any atom is 0.407 e. The highest BCUT2D eigenvalue weighted by Gasteiger charge is 2.35. The van der Waals surface area contributed by atoms with Crippen molar-refractivity contribution in [3.63, 3.8) is 0 Å². The highest BCUT2D eigenvalue weighted by Crippen LogP contribution is 2.44.